The molecule has 0 aliphatic rings. The third kappa shape index (κ3) is 0.611. The van der Waals surface area contributed by atoms with Crippen LogP contribution in [0.15, 0.2) is 21.4 Å². The van der Waals surface area contributed by atoms with E-state index in [1.165, 1.54) is 4.70 Å². The van der Waals surface area contributed by atoms with Gasteiger partial charge in [0.1, 0.15) is 5.52 Å². The van der Waals surface area contributed by atoms with Gasteiger partial charge < -0.3 is 4.42 Å². The summed E-state index contributed by atoms with van der Waals surface area (Å²) < 4.78 is 6.53. The first-order chi connectivity index (χ1) is 5.34. The quantitative estimate of drug-likeness (QED) is 0.540. The van der Waals surface area contributed by atoms with Crippen molar-refractivity contribution in [1.82, 2.24) is 4.98 Å². The van der Waals surface area contributed by atoms with Crippen molar-refractivity contribution in [2.24, 2.45) is 0 Å². The van der Waals surface area contributed by atoms with Crippen molar-refractivity contribution < 1.29 is 4.42 Å². The number of nitrogens with zero attached hydrogens (tertiary/aromatic N) is 1. The normalized spacial score (nSPS) is 12.1. The third-order valence-electron chi connectivity index (χ3n) is 1.66. The van der Waals surface area contributed by atoms with E-state index in [1.54, 1.807) is 11.3 Å². The fraction of sp³-hybridized carbons (Fsp3) is 0. The molecule has 0 N–H and O–H groups in total. The number of benzene rings is 1. The molecule has 0 unspecified atom stereocenters. The molecular formula is C7H3NOS2. The first-order valence-corrected chi connectivity index (χ1v) is 4.41. The van der Waals surface area contributed by atoms with E-state index < -0.39 is 0 Å². The molecule has 0 aliphatic carbocycles. The summed E-state index contributed by atoms with van der Waals surface area (Å²) in [5.41, 5.74) is 1.78. The second-order valence-corrected chi connectivity index (χ2v) is 3.82. The summed E-state index contributed by atoms with van der Waals surface area (Å²) in [5.74, 6) is 0. The van der Waals surface area contributed by atoms with E-state index in [-0.39, 0.29) is 0 Å². The Morgan fingerprint density at radius 2 is 2.36 bits per heavy atom. The fourth-order valence-corrected chi connectivity index (χ4v) is 2.22. The van der Waals surface area contributed by atoms with Crippen molar-refractivity contribution in [1.29, 1.82) is 0 Å². The maximum atomic E-state index is 5.35. The zero-order valence-electron chi connectivity index (χ0n) is 5.37. The van der Waals surface area contributed by atoms with E-state index in [2.05, 4.69) is 17.6 Å². The standard InChI is InChI=1S/C7H3NOS2/c10-3-1-2-4-5-6(3)9-7(8-5)11-4/h1-2,10H. The zero-order valence-corrected chi connectivity index (χ0v) is 7.08. The molecule has 2 aromatic heterocycles. The van der Waals surface area contributed by atoms with Gasteiger partial charge in [0.25, 0.3) is 5.03 Å². The SMILES string of the molecule is Sc1ccc2sc3nc2c1o3. The smallest absolute Gasteiger partial charge is 0.280 e. The predicted molar refractivity (Wildman–Crippen MR) is 47.8 cm³/mol. The van der Waals surface area contributed by atoms with Crippen molar-refractivity contribution in [3.63, 3.8) is 0 Å². The van der Waals surface area contributed by atoms with E-state index in [1.807, 2.05) is 12.1 Å². The molecule has 2 bridgehead atoms. The molecule has 0 saturated carbocycles. The maximum absolute atomic E-state index is 5.35. The summed E-state index contributed by atoms with van der Waals surface area (Å²) in [6, 6.07) is 3.95. The highest BCUT2D eigenvalue weighted by molar-refractivity contribution is 7.80. The lowest BCUT2D eigenvalue weighted by molar-refractivity contribution is 0.660. The van der Waals surface area contributed by atoms with Gasteiger partial charge in [0.15, 0.2) is 5.58 Å². The number of oxazole rings is 1. The lowest BCUT2D eigenvalue weighted by atomic mass is 10.3. The van der Waals surface area contributed by atoms with Crippen LogP contribution in [0.3, 0.4) is 0 Å². The van der Waals surface area contributed by atoms with Crippen molar-refractivity contribution >= 4 is 44.8 Å². The highest BCUT2D eigenvalue weighted by atomic mass is 32.1. The summed E-state index contributed by atoms with van der Waals surface area (Å²) in [5, 5.41) is 0.737. The molecular weight excluding hydrogens is 178 g/mol. The lowest BCUT2D eigenvalue weighted by Gasteiger charge is -1.93. The van der Waals surface area contributed by atoms with Crippen molar-refractivity contribution in [3.05, 3.63) is 12.1 Å². The maximum Gasteiger partial charge on any atom is 0.280 e. The van der Waals surface area contributed by atoms with Crippen LogP contribution in [0.5, 0.6) is 0 Å². The molecule has 4 heteroatoms. The van der Waals surface area contributed by atoms with Crippen LogP contribution in [-0.2, 0) is 0 Å². The number of hydrogen-bond donors (Lipinski definition) is 1. The lowest BCUT2D eigenvalue weighted by Crippen LogP contribution is -1.69. The molecule has 2 nitrogen and oxygen atoms in total. The Bertz CT molecular complexity index is 510. The molecule has 3 rings (SSSR count). The van der Waals surface area contributed by atoms with Crippen LogP contribution in [0, 0.1) is 0 Å². The highest BCUT2D eigenvalue weighted by Gasteiger charge is 2.12. The van der Waals surface area contributed by atoms with Gasteiger partial charge in [-0.3, -0.25) is 0 Å². The van der Waals surface area contributed by atoms with Crippen LogP contribution in [0.2, 0.25) is 0 Å². The van der Waals surface area contributed by atoms with Crippen molar-refractivity contribution in [3.8, 4) is 0 Å². The minimum atomic E-state index is 0.737. The molecule has 3 aromatic rings. The van der Waals surface area contributed by atoms with Crippen molar-refractivity contribution in [2.75, 3.05) is 0 Å². The van der Waals surface area contributed by atoms with E-state index in [9.17, 15) is 0 Å². The molecule has 0 amide bonds. The van der Waals surface area contributed by atoms with E-state index in [4.69, 9.17) is 4.42 Å². The molecule has 0 saturated heterocycles. The number of thiazole rings is 1. The average Bonchev–Trinajstić information content (AvgIpc) is 2.54. The largest absolute Gasteiger partial charge is 0.427 e. The van der Waals surface area contributed by atoms with Gasteiger partial charge in [-0.1, -0.05) is 11.3 Å². The molecule has 11 heavy (non-hydrogen) atoms. The topological polar surface area (TPSA) is 26.0 Å². The molecule has 1 aromatic carbocycles. The highest BCUT2D eigenvalue weighted by Crippen LogP contribution is 2.35. The number of aromatic nitrogens is 1. The van der Waals surface area contributed by atoms with Gasteiger partial charge in [-0.2, -0.15) is 4.98 Å². The summed E-state index contributed by atoms with van der Waals surface area (Å²) in [6.45, 7) is 0. The number of fused-ring (bicyclic) bond motifs is 1. The number of rotatable bonds is 0. The first-order valence-electron chi connectivity index (χ1n) is 3.15. The minimum Gasteiger partial charge on any atom is -0.427 e. The van der Waals surface area contributed by atoms with Gasteiger partial charge in [0.2, 0.25) is 0 Å². The van der Waals surface area contributed by atoms with Crippen molar-refractivity contribution in [2.45, 2.75) is 4.90 Å². The molecule has 0 radical (unpaired) electrons. The number of thiol groups is 1. The van der Waals surface area contributed by atoms with Crippen LogP contribution < -0.4 is 0 Å². The fourth-order valence-electron chi connectivity index (χ4n) is 1.17. The summed E-state index contributed by atoms with van der Waals surface area (Å²) >= 11 is 5.82. The van der Waals surface area contributed by atoms with Gasteiger partial charge >= 0.3 is 0 Å². The van der Waals surface area contributed by atoms with Gasteiger partial charge in [0.05, 0.1) is 4.70 Å². The molecule has 0 atom stereocenters. The Kier molecular flexibility index (Phi) is 0.906. The van der Waals surface area contributed by atoms with Gasteiger partial charge in [-0.05, 0) is 12.1 Å². The molecule has 2 heterocycles. The Morgan fingerprint density at radius 1 is 1.45 bits per heavy atom. The molecule has 0 spiro atoms. The first kappa shape index (κ1) is 5.85. The Morgan fingerprint density at radius 3 is 3.09 bits per heavy atom. The minimum absolute atomic E-state index is 0.737. The molecule has 54 valence electrons. The third-order valence-corrected chi connectivity index (χ3v) is 2.91. The Labute approximate surface area is 71.6 Å². The summed E-state index contributed by atoms with van der Waals surface area (Å²) in [4.78, 5) is 5.08. The molecule has 0 fully saturated rings. The molecule has 0 aliphatic heterocycles. The zero-order chi connectivity index (χ0) is 7.42. The Balaban J connectivity index is 2.77. The van der Waals surface area contributed by atoms with Gasteiger partial charge in [0, 0.05) is 4.90 Å². The van der Waals surface area contributed by atoms with E-state index >= 15 is 0 Å². The summed E-state index contributed by atoms with van der Waals surface area (Å²) in [7, 11) is 0. The van der Waals surface area contributed by atoms with Crippen LogP contribution in [0.4, 0.5) is 0 Å². The number of hydrogen-bond acceptors (Lipinski definition) is 4. The van der Waals surface area contributed by atoms with Gasteiger partial charge in [-0.25, -0.2) is 0 Å². The average molecular weight is 181 g/mol. The second-order valence-electron chi connectivity index (χ2n) is 2.34. The Hall–Kier alpha value is -0.740. The van der Waals surface area contributed by atoms with Crippen LogP contribution in [0.25, 0.3) is 20.8 Å². The summed E-state index contributed by atoms with van der Waals surface area (Å²) in [6.07, 6.45) is 0. The predicted octanol–water partition coefficient (Wildman–Crippen LogP) is 2.77. The second kappa shape index (κ2) is 1.70. The van der Waals surface area contributed by atoms with E-state index in [0.717, 1.165) is 21.0 Å². The van der Waals surface area contributed by atoms with E-state index in [0.29, 0.717) is 0 Å². The van der Waals surface area contributed by atoms with Crippen LogP contribution in [-0.4, -0.2) is 4.98 Å². The van der Waals surface area contributed by atoms with Crippen LogP contribution in [0.1, 0.15) is 0 Å². The van der Waals surface area contributed by atoms with Crippen LogP contribution >= 0.6 is 24.0 Å². The van der Waals surface area contributed by atoms with Gasteiger partial charge in [-0.15, -0.1) is 12.6 Å². The monoisotopic (exact) mass is 181 g/mol.